The molecule has 1 aliphatic heterocycles. The first-order valence-electron chi connectivity index (χ1n) is 7.19. The molecule has 1 fully saturated rings. The van der Waals surface area contributed by atoms with Crippen LogP contribution in [0.5, 0.6) is 0 Å². The lowest BCUT2D eigenvalue weighted by Gasteiger charge is -2.39. The number of hydrogen-bond donors (Lipinski definition) is 1. The van der Waals surface area contributed by atoms with Crippen LogP contribution < -0.4 is 0 Å². The molecule has 1 rings (SSSR count). The first kappa shape index (κ1) is 16.9. The number of nitriles is 1. The smallest absolute Gasteiger partial charge is 0.242 e. The summed E-state index contributed by atoms with van der Waals surface area (Å²) in [7, 11) is 0. The minimum absolute atomic E-state index is 0.101. The predicted molar refractivity (Wildman–Crippen MR) is 77.9 cm³/mol. The van der Waals surface area contributed by atoms with Gasteiger partial charge in [-0.3, -0.25) is 9.69 Å². The Morgan fingerprint density at radius 1 is 1.20 bits per heavy atom. The van der Waals surface area contributed by atoms with Crippen molar-refractivity contribution in [2.75, 3.05) is 32.7 Å². The molecule has 0 aromatic heterocycles. The van der Waals surface area contributed by atoms with Crippen LogP contribution in [0, 0.1) is 22.2 Å². The number of carbonyl (C=O) groups is 1. The molecule has 1 saturated heterocycles. The van der Waals surface area contributed by atoms with Gasteiger partial charge in [0.2, 0.25) is 5.91 Å². The predicted octanol–water partition coefficient (Wildman–Crippen LogP) is 1.09. The molecule has 0 radical (unpaired) electrons. The molecular weight excluding hydrogens is 254 g/mol. The van der Waals surface area contributed by atoms with E-state index in [2.05, 4.69) is 11.0 Å². The van der Waals surface area contributed by atoms with Gasteiger partial charge in [-0.1, -0.05) is 20.8 Å². The molecule has 0 aromatic rings. The highest BCUT2D eigenvalue weighted by Crippen LogP contribution is 2.22. The van der Waals surface area contributed by atoms with Crippen molar-refractivity contribution in [1.82, 2.24) is 9.80 Å². The van der Waals surface area contributed by atoms with Crippen LogP contribution in [-0.4, -0.2) is 59.6 Å². The Morgan fingerprint density at radius 3 is 2.10 bits per heavy atom. The van der Waals surface area contributed by atoms with Crippen LogP contribution in [0.3, 0.4) is 0 Å². The number of aliphatic hydroxyl groups excluding tert-OH is 1. The van der Waals surface area contributed by atoms with Crippen LogP contribution >= 0.6 is 0 Å². The zero-order chi connectivity index (χ0) is 15.6. The molecule has 0 spiro atoms. The topological polar surface area (TPSA) is 67.6 Å². The fourth-order valence-electron chi connectivity index (χ4n) is 2.10. The third-order valence-corrected chi connectivity index (χ3v) is 3.90. The zero-order valence-corrected chi connectivity index (χ0v) is 13.3. The molecule has 20 heavy (non-hydrogen) atoms. The van der Waals surface area contributed by atoms with E-state index >= 15 is 0 Å². The van der Waals surface area contributed by atoms with E-state index in [9.17, 15) is 9.90 Å². The molecule has 1 atom stereocenters. The van der Waals surface area contributed by atoms with Gasteiger partial charge in [-0.05, 0) is 19.3 Å². The highest BCUT2D eigenvalue weighted by atomic mass is 16.3. The van der Waals surface area contributed by atoms with Crippen LogP contribution in [0.4, 0.5) is 0 Å². The molecule has 1 amide bonds. The molecule has 5 nitrogen and oxygen atoms in total. The first-order valence-corrected chi connectivity index (χ1v) is 7.19. The van der Waals surface area contributed by atoms with E-state index in [1.54, 1.807) is 18.7 Å². The molecule has 0 bridgehead atoms. The van der Waals surface area contributed by atoms with Gasteiger partial charge < -0.3 is 10.0 Å². The summed E-state index contributed by atoms with van der Waals surface area (Å²) in [4.78, 5) is 16.1. The quantitative estimate of drug-likeness (QED) is 0.841. The summed E-state index contributed by atoms with van der Waals surface area (Å²) in [6, 6.07) is 2.06. The average molecular weight is 281 g/mol. The number of piperazine rings is 1. The van der Waals surface area contributed by atoms with Gasteiger partial charge in [0, 0.05) is 32.7 Å². The Labute approximate surface area is 122 Å². The van der Waals surface area contributed by atoms with E-state index in [-0.39, 0.29) is 17.4 Å². The normalized spacial score (nSPS) is 19.6. The number of amides is 1. The first-order chi connectivity index (χ1) is 9.08. The van der Waals surface area contributed by atoms with Gasteiger partial charge >= 0.3 is 0 Å². The standard InChI is InChI=1S/C15H27N3O2/c1-14(2,3)12(19)10-17-6-8-18(9-7-17)13(20)15(4,5)11-16/h12,19H,6-10H2,1-5H3/t12-/m1/s1. The van der Waals surface area contributed by atoms with Gasteiger partial charge in [0.05, 0.1) is 12.2 Å². The van der Waals surface area contributed by atoms with Crippen LogP contribution in [0.15, 0.2) is 0 Å². The number of β-amino-alcohol motifs (C(OH)–C–C–N with tert-alkyl or cyclic N) is 1. The Morgan fingerprint density at radius 2 is 1.70 bits per heavy atom. The molecule has 0 unspecified atom stereocenters. The molecule has 1 heterocycles. The summed E-state index contributed by atoms with van der Waals surface area (Å²) < 4.78 is 0. The third kappa shape index (κ3) is 4.19. The van der Waals surface area contributed by atoms with Crippen LogP contribution in [0.2, 0.25) is 0 Å². The SMILES string of the molecule is CC(C)(C#N)C(=O)N1CCN(C[C@@H](O)C(C)(C)C)CC1. The maximum absolute atomic E-state index is 12.2. The molecule has 0 saturated carbocycles. The second-order valence-corrected chi connectivity index (χ2v) is 7.21. The van der Waals surface area contributed by atoms with E-state index < -0.39 is 5.41 Å². The summed E-state index contributed by atoms with van der Waals surface area (Å²) in [5, 5.41) is 19.1. The van der Waals surface area contributed by atoms with Gasteiger partial charge in [-0.25, -0.2) is 0 Å². The second kappa shape index (κ2) is 6.11. The Bertz CT molecular complexity index is 385. The maximum Gasteiger partial charge on any atom is 0.242 e. The number of hydrogen-bond acceptors (Lipinski definition) is 4. The van der Waals surface area contributed by atoms with Crippen molar-refractivity contribution in [3.8, 4) is 6.07 Å². The van der Waals surface area contributed by atoms with Crippen molar-refractivity contribution in [3.05, 3.63) is 0 Å². The van der Waals surface area contributed by atoms with Gasteiger partial charge in [0.25, 0.3) is 0 Å². The van der Waals surface area contributed by atoms with E-state index in [0.717, 1.165) is 13.1 Å². The second-order valence-electron chi connectivity index (χ2n) is 7.21. The number of nitrogens with zero attached hydrogens (tertiary/aromatic N) is 3. The van der Waals surface area contributed by atoms with Crippen LogP contribution in [-0.2, 0) is 4.79 Å². The van der Waals surface area contributed by atoms with Crippen molar-refractivity contribution in [2.24, 2.45) is 10.8 Å². The number of aliphatic hydroxyl groups is 1. The molecule has 5 heteroatoms. The van der Waals surface area contributed by atoms with Crippen molar-refractivity contribution < 1.29 is 9.90 Å². The van der Waals surface area contributed by atoms with Crippen molar-refractivity contribution in [2.45, 2.75) is 40.7 Å². The van der Waals surface area contributed by atoms with E-state index in [4.69, 9.17) is 5.26 Å². The monoisotopic (exact) mass is 281 g/mol. The third-order valence-electron chi connectivity index (χ3n) is 3.90. The Kier molecular flexibility index (Phi) is 5.17. The lowest BCUT2D eigenvalue weighted by Crippen LogP contribution is -2.53. The van der Waals surface area contributed by atoms with Gasteiger partial charge in [0.1, 0.15) is 5.41 Å². The van der Waals surface area contributed by atoms with Crippen molar-refractivity contribution >= 4 is 5.91 Å². The fraction of sp³-hybridized carbons (Fsp3) is 0.867. The van der Waals surface area contributed by atoms with E-state index in [1.165, 1.54) is 0 Å². The van der Waals surface area contributed by atoms with Gasteiger partial charge in [0.15, 0.2) is 0 Å². The maximum atomic E-state index is 12.2. The molecule has 0 aromatic carbocycles. The molecule has 1 N–H and O–H groups in total. The van der Waals surface area contributed by atoms with Crippen molar-refractivity contribution in [3.63, 3.8) is 0 Å². The molecule has 114 valence electrons. The largest absolute Gasteiger partial charge is 0.391 e. The number of carbonyl (C=O) groups excluding carboxylic acids is 1. The molecule has 0 aliphatic carbocycles. The Balaban J connectivity index is 2.49. The highest BCUT2D eigenvalue weighted by molar-refractivity contribution is 5.84. The summed E-state index contributed by atoms with van der Waals surface area (Å²) in [5.41, 5.74) is -1.08. The van der Waals surface area contributed by atoms with E-state index in [1.807, 2.05) is 20.8 Å². The number of rotatable bonds is 3. The van der Waals surface area contributed by atoms with Crippen LogP contribution in [0.1, 0.15) is 34.6 Å². The minimum Gasteiger partial charge on any atom is -0.391 e. The summed E-state index contributed by atoms with van der Waals surface area (Å²) in [5.74, 6) is -0.101. The Hall–Kier alpha value is -1.12. The average Bonchev–Trinajstić information content (AvgIpc) is 2.37. The van der Waals surface area contributed by atoms with Gasteiger partial charge in [-0.15, -0.1) is 0 Å². The molecule has 1 aliphatic rings. The van der Waals surface area contributed by atoms with Gasteiger partial charge in [-0.2, -0.15) is 5.26 Å². The summed E-state index contributed by atoms with van der Waals surface area (Å²) in [6.45, 7) is 12.8. The fourth-order valence-corrected chi connectivity index (χ4v) is 2.10. The molecular formula is C15H27N3O2. The zero-order valence-electron chi connectivity index (χ0n) is 13.3. The highest BCUT2D eigenvalue weighted by Gasteiger charge is 2.34. The minimum atomic E-state index is -0.951. The summed E-state index contributed by atoms with van der Waals surface area (Å²) in [6.07, 6.45) is -0.375. The van der Waals surface area contributed by atoms with Crippen molar-refractivity contribution in [1.29, 1.82) is 5.26 Å². The lowest BCUT2D eigenvalue weighted by atomic mass is 9.88. The van der Waals surface area contributed by atoms with Crippen LogP contribution in [0.25, 0.3) is 0 Å². The summed E-state index contributed by atoms with van der Waals surface area (Å²) >= 11 is 0. The lowest BCUT2D eigenvalue weighted by molar-refractivity contribution is -0.139. The van der Waals surface area contributed by atoms with E-state index in [0.29, 0.717) is 19.6 Å².